The predicted molar refractivity (Wildman–Crippen MR) is 86.1 cm³/mol. The molecule has 2 N–H and O–H groups in total. The van der Waals surface area contributed by atoms with Crippen LogP contribution in [0.5, 0.6) is 0 Å². The molecule has 122 valence electrons. The molecule has 1 aromatic carbocycles. The van der Waals surface area contributed by atoms with Crippen LogP contribution in [0.15, 0.2) is 18.2 Å². The Bertz CT molecular complexity index is 648. The summed E-state index contributed by atoms with van der Waals surface area (Å²) < 4.78 is 0. The summed E-state index contributed by atoms with van der Waals surface area (Å²) in [6, 6.07) is 5.54. The number of anilines is 1. The molecule has 6 nitrogen and oxygen atoms in total. The zero-order chi connectivity index (χ0) is 16.4. The van der Waals surface area contributed by atoms with Gasteiger partial charge in [-0.25, -0.2) is 0 Å². The first-order valence-corrected chi connectivity index (χ1v) is 8.08. The normalized spacial score (nSPS) is 17.6. The molecule has 6 heteroatoms. The monoisotopic (exact) mass is 315 g/mol. The van der Waals surface area contributed by atoms with E-state index < -0.39 is 0 Å². The highest BCUT2D eigenvalue weighted by Gasteiger charge is 2.26. The Morgan fingerprint density at radius 2 is 2.04 bits per heavy atom. The van der Waals surface area contributed by atoms with E-state index in [2.05, 4.69) is 10.6 Å². The zero-order valence-corrected chi connectivity index (χ0v) is 13.2. The van der Waals surface area contributed by atoms with Crippen molar-refractivity contribution >= 4 is 23.4 Å². The summed E-state index contributed by atoms with van der Waals surface area (Å²) in [5.74, 6) is 0.00966. The summed E-state index contributed by atoms with van der Waals surface area (Å²) in [6.07, 6.45) is 2.42. The van der Waals surface area contributed by atoms with Gasteiger partial charge in [-0.05, 0) is 30.5 Å². The van der Waals surface area contributed by atoms with E-state index in [0.29, 0.717) is 31.5 Å². The minimum Gasteiger partial charge on any atom is -0.353 e. The molecular formula is C17H21N3O3. The van der Waals surface area contributed by atoms with Crippen LogP contribution in [0.25, 0.3) is 0 Å². The van der Waals surface area contributed by atoms with E-state index in [1.54, 1.807) is 12.1 Å². The first-order chi connectivity index (χ1) is 11.1. The van der Waals surface area contributed by atoms with Crippen molar-refractivity contribution in [1.29, 1.82) is 0 Å². The Kier molecular flexibility index (Phi) is 4.32. The van der Waals surface area contributed by atoms with Crippen LogP contribution in [0.4, 0.5) is 5.69 Å². The van der Waals surface area contributed by atoms with Crippen molar-refractivity contribution in [3.05, 3.63) is 29.3 Å². The van der Waals surface area contributed by atoms with Gasteiger partial charge in [-0.3, -0.25) is 14.4 Å². The molecule has 2 aliphatic heterocycles. The number of likely N-dealkylation sites (tertiary alicyclic amines) is 1. The van der Waals surface area contributed by atoms with E-state index in [4.69, 9.17) is 0 Å². The fraction of sp³-hybridized carbons (Fsp3) is 0.471. The van der Waals surface area contributed by atoms with Crippen molar-refractivity contribution in [3.63, 3.8) is 0 Å². The van der Waals surface area contributed by atoms with Crippen LogP contribution in [0.2, 0.25) is 0 Å². The maximum Gasteiger partial charge on any atom is 0.253 e. The van der Waals surface area contributed by atoms with Crippen LogP contribution >= 0.6 is 0 Å². The topological polar surface area (TPSA) is 78.5 Å². The van der Waals surface area contributed by atoms with Crippen molar-refractivity contribution in [2.75, 3.05) is 18.4 Å². The van der Waals surface area contributed by atoms with Crippen molar-refractivity contribution in [2.45, 2.75) is 38.6 Å². The van der Waals surface area contributed by atoms with Gasteiger partial charge in [-0.2, -0.15) is 0 Å². The molecule has 1 fully saturated rings. The molecule has 0 bridgehead atoms. The maximum atomic E-state index is 12.6. The highest BCUT2D eigenvalue weighted by Crippen LogP contribution is 2.25. The van der Waals surface area contributed by atoms with Crippen LogP contribution in [0.1, 0.15) is 42.1 Å². The van der Waals surface area contributed by atoms with Crippen molar-refractivity contribution in [3.8, 4) is 0 Å². The van der Waals surface area contributed by atoms with Gasteiger partial charge in [-0.15, -0.1) is 0 Å². The number of hydrogen-bond donors (Lipinski definition) is 2. The number of rotatable bonds is 3. The molecule has 2 heterocycles. The summed E-state index contributed by atoms with van der Waals surface area (Å²) >= 11 is 0. The predicted octanol–water partition coefficient (Wildman–Crippen LogP) is 1.31. The third-order valence-electron chi connectivity index (χ3n) is 4.45. The van der Waals surface area contributed by atoms with Crippen LogP contribution in [-0.2, 0) is 16.0 Å². The van der Waals surface area contributed by atoms with Crippen LogP contribution in [0, 0.1) is 0 Å². The standard InChI is InChI=1S/C17H21N3O3/c1-2-15(21)18-13-5-7-20(8-6-13)17(23)12-4-3-11-10-16(22)19-14(11)9-12/h3-4,9,13H,2,5-8,10H2,1H3,(H,18,21)(H,19,22). The minimum atomic E-state index is -0.0305. The SMILES string of the molecule is CCC(=O)NC1CCN(C(=O)c2ccc3c(c2)NC(=O)C3)CC1. The van der Waals surface area contributed by atoms with Gasteiger partial charge in [0.05, 0.1) is 6.42 Å². The van der Waals surface area contributed by atoms with Crippen LogP contribution in [0.3, 0.4) is 0 Å². The van der Waals surface area contributed by atoms with Crippen molar-refractivity contribution in [1.82, 2.24) is 10.2 Å². The Morgan fingerprint density at radius 1 is 1.30 bits per heavy atom. The summed E-state index contributed by atoms with van der Waals surface area (Å²) in [6.45, 7) is 3.11. The van der Waals surface area contributed by atoms with E-state index in [0.717, 1.165) is 24.1 Å². The first kappa shape index (κ1) is 15.5. The molecule has 0 aromatic heterocycles. The molecule has 23 heavy (non-hydrogen) atoms. The molecule has 0 unspecified atom stereocenters. The van der Waals surface area contributed by atoms with E-state index in [-0.39, 0.29) is 23.8 Å². The average molecular weight is 315 g/mol. The van der Waals surface area contributed by atoms with Gasteiger partial charge in [-0.1, -0.05) is 13.0 Å². The Morgan fingerprint density at radius 3 is 2.74 bits per heavy atom. The lowest BCUT2D eigenvalue weighted by molar-refractivity contribution is -0.121. The highest BCUT2D eigenvalue weighted by molar-refractivity contribution is 6.02. The lowest BCUT2D eigenvalue weighted by Gasteiger charge is -2.32. The number of nitrogens with zero attached hydrogens (tertiary/aromatic N) is 1. The lowest BCUT2D eigenvalue weighted by atomic mass is 10.0. The highest BCUT2D eigenvalue weighted by atomic mass is 16.2. The molecule has 0 atom stereocenters. The number of piperidine rings is 1. The number of amides is 3. The molecular weight excluding hydrogens is 294 g/mol. The number of carbonyl (C=O) groups is 3. The lowest BCUT2D eigenvalue weighted by Crippen LogP contribution is -2.46. The second kappa shape index (κ2) is 6.40. The van der Waals surface area contributed by atoms with Crippen molar-refractivity contribution < 1.29 is 14.4 Å². The van der Waals surface area contributed by atoms with Gasteiger partial charge in [0.1, 0.15) is 0 Å². The molecule has 3 amide bonds. The van der Waals surface area contributed by atoms with Gasteiger partial charge in [0.25, 0.3) is 5.91 Å². The number of carbonyl (C=O) groups excluding carboxylic acids is 3. The molecule has 0 saturated carbocycles. The second-order valence-electron chi connectivity index (χ2n) is 6.08. The fourth-order valence-electron chi connectivity index (χ4n) is 3.09. The van der Waals surface area contributed by atoms with E-state index >= 15 is 0 Å². The number of hydrogen-bond acceptors (Lipinski definition) is 3. The third kappa shape index (κ3) is 3.36. The molecule has 1 saturated heterocycles. The van der Waals surface area contributed by atoms with Gasteiger partial charge in [0.15, 0.2) is 0 Å². The van der Waals surface area contributed by atoms with Gasteiger partial charge in [0, 0.05) is 36.8 Å². The fourth-order valence-corrected chi connectivity index (χ4v) is 3.09. The van der Waals surface area contributed by atoms with E-state index in [1.807, 2.05) is 17.9 Å². The molecule has 1 aromatic rings. The first-order valence-electron chi connectivity index (χ1n) is 8.08. The van der Waals surface area contributed by atoms with Gasteiger partial charge in [0.2, 0.25) is 11.8 Å². The molecule has 0 radical (unpaired) electrons. The van der Waals surface area contributed by atoms with Crippen LogP contribution in [-0.4, -0.2) is 41.8 Å². The smallest absolute Gasteiger partial charge is 0.253 e. The zero-order valence-electron chi connectivity index (χ0n) is 13.2. The van der Waals surface area contributed by atoms with Crippen molar-refractivity contribution in [2.24, 2.45) is 0 Å². The molecule has 3 rings (SSSR count). The molecule has 0 spiro atoms. The third-order valence-corrected chi connectivity index (χ3v) is 4.45. The maximum absolute atomic E-state index is 12.6. The summed E-state index contributed by atoms with van der Waals surface area (Å²) in [7, 11) is 0. The van der Waals surface area contributed by atoms with E-state index in [1.165, 1.54) is 0 Å². The van der Waals surface area contributed by atoms with E-state index in [9.17, 15) is 14.4 Å². The van der Waals surface area contributed by atoms with Gasteiger partial charge >= 0.3 is 0 Å². The van der Waals surface area contributed by atoms with Crippen LogP contribution < -0.4 is 10.6 Å². The Labute approximate surface area is 135 Å². The Hall–Kier alpha value is -2.37. The molecule has 2 aliphatic rings. The summed E-state index contributed by atoms with van der Waals surface area (Å²) in [4.78, 5) is 37.2. The largest absolute Gasteiger partial charge is 0.353 e. The quantitative estimate of drug-likeness (QED) is 0.883. The number of benzene rings is 1. The minimum absolute atomic E-state index is 0.0192. The number of fused-ring (bicyclic) bond motifs is 1. The second-order valence-corrected chi connectivity index (χ2v) is 6.08. The number of nitrogens with one attached hydrogen (secondary N) is 2. The molecule has 0 aliphatic carbocycles. The summed E-state index contributed by atoms with van der Waals surface area (Å²) in [5, 5.41) is 5.76. The average Bonchev–Trinajstić information content (AvgIpc) is 2.93. The summed E-state index contributed by atoms with van der Waals surface area (Å²) in [5.41, 5.74) is 2.28. The van der Waals surface area contributed by atoms with Gasteiger partial charge < -0.3 is 15.5 Å². The Balaban J connectivity index is 1.61.